The van der Waals surface area contributed by atoms with E-state index in [1.807, 2.05) is 0 Å². The molecule has 0 aliphatic carbocycles. The van der Waals surface area contributed by atoms with Crippen LogP contribution in [0.25, 0.3) is 0 Å². The summed E-state index contributed by atoms with van der Waals surface area (Å²) in [4.78, 5) is 0. The number of hydrogen-bond donors (Lipinski definition) is 1. The summed E-state index contributed by atoms with van der Waals surface area (Å²) in [6.07, 6.45) is 9.55. The van der Waals surface area contributed by atoms with Gasteiger partial charge in [-0.25, -0.2) is 0 Å². The predicted molar refractivity (Wildman–Crippen MR) is 69.7 cm³/mol. The Morgan fingerprint density at radius 1 is 1.38 bits per heavy atom. The Hall–Kier alpha value is -0.0800. The predicted octanol–water partition coefficient (Wildman–Crippen LogP) is 3.36. The van der Waals surface area contributed by atoms with Gasteiger partial charge in [0.1, 0.15) is 0 Å². The Bertz CT molecular complexity index is 166. The Balaban J connectivity index is 2.16. The zero-order valence-electron chi connectivity index (χ0n) is 11.3. The monoisotopic (exact) mass is 227 g/mol. The molecule has 1 N–H and O–H groups in total. The first-order valence-electron chi connectivity index (χ1n) is 7.05. The van der Waals surface area contributed by atoms with Crippen LogP contribution in [0.15, 0.2) is 0 Å². The second kappa shape index (κ2) is 8.08. The average molecular weight is 227 g/mol. The molecule has 0 aromatic heterocycles. The van der Waals surface area contributed by atoms with E-state index in [4.69, 9.17) is 4.74 Å². The molecule has 0 saturated carbocycles. The van der Waals surface area contributed by atoms with Crippen LogP contribution in [0.5, 0.6) is 0 Å². The standard InChI is InChI=1S/C14H29NO/c1-4-12(2)11-13(15-3)8-9-14-7-5-6-10-16-14/h12-15H,4-11H2,1-3H3. The van der Waals surface area contributed by atoms with Crippen LogP contribution in [0.3, 0.4) is 0 Å². The molecule has 0 amide bonds. The summed E-state index contributed by atoms with van der Waals surface area (Å²) in [6.45, 7) is 5.61. The van der Waals surface area contributed by atoms with E-state index in [1.165, 1.54) is 44.9 Å². The molecule has 2 heteroatoms. The minimum Gasteiger partial charge on any atom is -0.378 e. The van der Waals surface area contributed by atoms with E-state index < -0.39 is 0 Å². The van der Waals surface area contributed by atoms with Crippen LogP contribution in [0.4, 0.5) is 0 Å². The van der Waals surface area contributed by atoms with Crippen LogP contribution in [0.1, 0.15) is 58.8 Å². The molecule has 1 fully saturated rings. The first kappa shape index (κ1) is 14.0. The van der Waals surface area contributed by atoms with Crippen molar-refractivity contribution in [3.05, 3.63) is 0 Å². The van der Waals surface area contributed by atoms with Crippen molar-refractivity contribution in [1.29, 1.82) is 0 Å². The molecule has 0 bridgehead atoms. The third-order valence-electron chi connectivity index (χ3n) is 3.90. The molecule has 1 heterocycles. The molecule has 1 aliphatic rings. The number of rotatable bonds is 7. The molecular formula is C14H29NO. The highest BCUT2D eigenvalue weighted by Gasteiger charge is 2.16. The van der Waals surface area contributed by atoms with Gasteiger partial charge >= 0.3 is 0 Å². The largest absolute Gasteiger partial charge is 0.378 e. The molecule has 1 aliphatic heterocycles. The van der Waals surface area contributed by atoms with Crippen LogP contribution in [0.2, 0.25) is 0 Å². The molecule has 96 valence electrons. The summed E-state index contributed by atoms with van der Waals surface area (Å²) >= 11 is 0. The summed E-state index contributed by atoms with van der Waals surface area (Å²) in [6, 6.07) is 0.681. The summed E-state index contributed by atoms with van der Waals surface area (Å²) in [5.74, 6) is 0.838. The summed E-state index contributed by atoms with van der Waals surface area (Å²) < 4.78 is 5.78. The maximum absolute atomic E-state index is 5.78. The minimum absolute atomic E-state index is 0.543. The Morgan fingerprint density at radius 2 is 2.19 bits per heavy atom. The van der Waals surface area contributed by atoms with Crippen molar-refractivity contribution in [3.8, 4) is 0 Å². The van der Waals surface area contributed by atoms with E-state index in [-0.39, 0.29) is 0 Å². The maximum atomic E-state index is 5.78. The highest BCUT2D eigenvalue weighted by Crippen LogP contribution is 2.20. The Labute approximate surface area is 101 Å². The van der Waals surface area contributed by atoms with E-state index in [2.05, 4.69) is 26.2 Å². The average Bonchev–Trinajstić information content (AvgIpc) is 2.35. The van der Waals surface area contributed by atoms with Gasteiger partial charge in [0.2, 0.25) is 0 Å². The van der Waals surface area contributed by atoms with Crippen molar-refractivity contribution in [2.75, 3.05) is 13.7 Å². The SMILES string of the molecule is CCC(C)CC(CCC1CCCCO1)NC. The highest BCUT2D eigenvalue weighted by atomic mass is 16.5. The fraction of sp³-hybridized carbons (Fsp3) is 1.00. The van der Waals surface area contributed by atoms with Gasteiger partial charge in [-0.2, -0.15) is 0 Å². The number of ether oxygens (including phenoxy) is 1. The normalized spacial score (nSPS) is 25.3. The molecule has 0 radical (unpaired) electrons. The van der Waals surface area contributed by atoms with E-state index in [9.17, 15) is 0 Å². The summed E-state index contributed by atoms with van der Waals surface area (Å²) in [5, 5.41) is 3.45. The maximum Gasteiger partial charge on any atom is 0.0575 e. The van der Waals surface area contributed by atoms with Crippen molar-refractivity contribution in [2.24, 2.45) is 5.92 Å². The van der Waals surface area contributed by atoms with Crippen LogP contribution < -0.4 is 5.32 Å². The van der Waals surface area contributed by atoms with E-state index in [0.29, 0.717) is 12.1 Å². The quantitative estimate of drug-likeness (QED) is 0.720. The van der Waals surface area contributed by atoms with Crippen molar-refractivity contribution in [2.45, 2.75) is 70.9 Å². The molecule has 0 aromatic rings. The molecular weight excluding hydrogens is 198 g/mol. The zero-order chi connectivity index (χ0) is 11.8. The molecule has 3 atom stereocenters. The molecule has 0 aromatic carbocycles. The topological polar surface area (TPSA) is 21.3 Å². The molecule has 0 spiro atoms. The fourth-order valence-electron chi connectivity index (χ4n) is 2.45. The fourth-order valence-corrected chi connectivity index (χ4v) is 2.45. The lowest BCUT2D eigenvalue weighted by molar-refractivity contribution is 0.00833. The van der Waals surface area contributed by atoms with Crippen molar-refractivity contribution in [1.82, 2.24) is 5.32 Å². The Morgan fingerprint density at radius 3 is 2.75 bits per heavy atom. The van der Waals surface area contributed by atoms with Gasteiger partial charge in [0.05, 0.1) is 6.10 Å². The van der Waals surface area contributed by atoms with Crippen LogP contribution in [0, 0.1) is 5.92 Å². The lowest BCUT2D eigenvalue weighted by atomic mass is 9.94. The first-order valence-corrected chi connectivity index (χ1v) is 7.05. The number of hydrogen-bond acceptors (Lipinski definition) is 2. The van der Waals surface area contributed by atoms with Gasteiger partial charge in [0.15, 0.2) is 0 Å². The van der Waals surface area contributed by atoms with Gasteiger partial charge < -0.3 is 10.1 Å². The molecule has 1 saturated heterocycles. The molecule has 16 heavy (non-hydrogen) atoms. The summed E-state index contributed by atoms with van der Waals surface area (Å²) in [5.41, 5.74) is 0. The second-order valence-corrected chi connectivity index (χ2v) is 5.30. The third-order valence-corrected chi connectivity index (χ3v) is 3.90. The van der Waals surface area contributed by atoms with Gasteiger partial charge in [-0.15, -0.1) is 0 Å². The van der Waals surface area contributed by atoms with Gasteiger partial charge in [0, 0.05) is 12.6 Å². The van der Waals surface area contributed by atoms with Crippen LogP contribution in [-0.2, 0) is 4.74 Å². The second-order valence-electron chi connectivity index (χ2n) is 5.30. The molecule has 2 nitrogen and oxygen atoms in total. The van der Waals surface area contributed by atoms with E-state index in [1.54, 1.807) is 0 Å². The molecule has 3 unspecified atom stereocenters. The van der Waals surface area contributed by atoms with Crippen molar-refractivity contribution < 1.29 is 4.74 Å². The van der Waals surface area contributed by atoms with Gasteiger partial charge in [-0.05, 0) is 51.5 Å². The van der Waals surface area contributed by atoms with Crippen LogP contribution in [-0.4, -0.2) is 25.8 Å². The minimum atomic E-state index is 0.543. The Kier molecular flexibility index (Phi) is 7.06. The number of nitrogens with one attached hydrogen (secondary N) is 1. The lowest BCUT2D eigenvalue weighted by Gasteiger charge is -2.25. The smallest absolute Gasteiger partial charge is 0.0575 e. The van der Waals surface area contributed by atoms with Gasteiger partial charge in [-0.3, -0.25) is 0 Å². The first-order chi connectivity index (χ1) is 7.76. The van der Waals surface area contributed by atoms with Gasteiger partial charge in [0.25, 0.3) is 0 Å². The van der Waals surface area contributed by atoms with Crippen molar-refractivity contribution >= 4 is 0 Å². The third kappa shape index (κ3) is 5.31. The highest BCUT2D eigenvalue weighted by molar-refractivity contribution is 4.72. The van der Waals surface area contributed by atoms with E-state index >= 15 is 0 Å². The van der Waals surface area contributed by atoms with Crippen molar-refractivity contribution in [3.63, 3.8) is 0 Å². The van der Waals surface area contributed by atoms with E-state index in [0.717, 1.165) is 12.5 Å². The van der Waals surface area contributed by atoms with Gasteiger partial charge in [-0.1, -0.05) is 20.3 Å². The van der Waals surface area contributed by atoms with Crippen LogP contribution >= 0.6 is 0 Å². The lowest BCUT2D eigenvalue weighted by Crippen LogP contribution is -2.29. The molecule has 1 rings (SSSR count). The zero-order valence-corrected chi connectivity index (χ0v) is 11.3. The summed E-state index contributed by atoms with van der Waals surface area (Å²) in [7, 11) is 2.09.